The van der Waals surface area contributed by atoms with E-state index in [1.807, 2.05) is 2.89 Å². The van der Waals surface area contributed by atoms with Crippen molar-refractivity contribution >= 4 is 32.6 Å². The van der Waals surface area contributed by atoms with Gasteiger partial charge in [0.25, 0.3) is 0 Å². The van der Waals surface area contributed by atoms with Gasteiger partial charge < -0.3 is 0 Å². The standard InChI is InChI=1S/C8H9S.3C4H9.Sn/c1-2-4-8-7(3-1)5-6-9-8;3*1-3-4-2;/h5H,1-4H2;3*1,3-4H2,2H3;. The minimum absolute atomic E-state index is 1.38. The van der Waals surface area contributed by atoms with Crippen LogP contribution in [0.5, 0.6) is 0 Å². The Kier molecular flexibility index (Phi) is 8.31. The van der Waals surface area contributed by atoms with Crippen LogP contribution in [0.1, 0.15) is 82.6 Å². The Labute approximate surface area is 147 Å². The molecule has 0 aliphatic heterocycles. The normalized spacial score (nSPS) is 15.0. The maximum absolute atomic E-state index is 2.73. The van der Waals surface area contributed by atoms with E-state index in [1.165, 1.54) is 64.2 Å². The van der Waals surface area contributed by atoms with Crippen LogP contribution in [-0.2, 0) is 12.8 Å². The van der Waals surface area contributed by atoms with E-state index < -0.39 is 18.4 Å². The van der Waals surface area contributed by atoms with E-state index >= 15 is 0 Å². The number of fused-ring (bicyclic) bond motifs is 1. The van der Waals surface area contributed by atoms with Gasteiger partial charge in [-0.3, -0.25) is 0 Å². The Bertz CT molecular complexity index is 390. The molecule has 0 aromatic carbocycles. The Balaban J connectivity index is 2.27. The van der Waals surface area contributed by atoms with Gasteiger partial charge in [0, 0.05) is 0 Å². The van der Waals surface area contributed by atoms with Gasteiger partial charge in [-0.2, -0.15) is 0 Å². The molecule has 0 unspecified atom stereocenters. The molecular weight excluding hydrogens is 391 g/mol. The third-order valence-corrected chi connectivity index (χ3v) is 25.0. The van der Waals surface area contributed by atoms with Crippen molar-refractivity contribution in [2.24, 2.45) is 0 Å². The summed E-state index contributed by atoms with van der Waals surface area (Å²) in [5, 5.41) is 0. The molecule has 0 spiro atoms. The van der Waals surface area contributed by atoms with Crippen molar-refractivity contribution in [3.8, 4) is 0 Å². The average Bonchev–Trinajstić information content (AvgIpc) is 2.99. The van der Waals surface area contributed by atoms with Crippen molar-refractivity contribution in [1.29, 1.82) is 0 Å². The van der Waals surface area contributed by atoms with Crippen LogP contribution in [0, 0.1) is 0 Å². The van der Waals surface area contributed by atoms with Crippen molar-refractivity contribution in [3.63, 3.8) is 0 Å². The molecule has 126 valence electrons. The minimum atomic E-state index is -2.12. The molecule has 0 saturated carbocycles. The molecule has 0 bridgehead atoms. The van der Waals surface area contributed by atoms with Gasteiger partial charge in [0.05, 0.1) is 0 Å². The molecule has 2 rings (SSSR count). The Morgan fingerprint density at radius 1 is 0.864 bits per heavy atom. The first-order chi connectivity index (χ1) is 10.8. The summed E-state index contributed by atoms with van der Waals surface area (Å²) in [6, 6.07) is 2.73. The van der Waals surface area contributed by atoms with Crippen LogP contribution in [0.25, 0.3) is 0 Å². The third-order valence-electron chi connectivity index (χ3n) is 5.55. The zero-order chi connectivity index (χ0) is 15.8. The quantitative estimate of drug-likeness (QED) is 0.366. The SMILES string of the molecule is CCC[CH2][Sn]([CH2]CCC)([CH2]CCC)[c]1cc2c(s1)CCCC2. The van der Waals surface area contributed by atoms with E-state index in [0.717, 1.165) is 0 Å². The van der Waals surface area contributed by atoms with Gasteiger partial charge in [-0.1, -0.05) is 0 Å². The fourth-order valence-corrected chi connectivity index (χ4v) is 24.7. The van der Waals surface area contributed by atoms with Gasteiger partial charge in [-0.05, 0) is 0 Å². The second kappa shape index (κ2) is 9.71. The first-order valence-corrected chi connectivity index (χ1v) is 18.2. The van der Waals surface area contributed by atoms with Crippen molar-refractivity contribution < 1.29 is 0 Å². The molecule has 1 aromatic rings. The summed E-state index contributed by atoms with van der Waals surface area (Å²) in [6.07, 6.45) is 14.3. The molecule has 0 nitrogen and oxygen atoms in total. The molecule has 0 amide bonds. The number of aryl methyl sites for hydroxylation is 2. The molecule has 1 heterocycles. The van der Waals surface area contributed by atoms with Gasteiger partial charge in [-0.15, -0.1) is 0 Å². The maximum atomic E-state index is 2.73. The monoisotopic (exact) mass is 428 g/mol. The van der Waals surface area contributed by atoms with Crippen molar-refractivity contribution in [1.82, 2.24) is 0 Å². The zero-order valence-corrected chi connectivity index (χ0v) is 18.8. The number of rotatable bonds is 10. The zero-order valence-electron chi connectivity index (χ0n) is 15.2. The molecule has 22 heavy (non-hydrogen) atoms. The van der Waals surface area contributed by atoms with E-state index in [4.69, 9.17) is 0 Å². The van der Waals surface area contributed by atoms with Crippen LogP contribution in [0.15, 0.2) is 6.07 Å². The molecule has 0 radical (unpaired) electrons. The molecule has 1 aromatic heterocycles. The Morgan fingerprint density at radius 3 is 1.91 bits per heavy atom. The van der Waals surface area contributed by atoms with Crippen molar-refractivity contribution in [2.75, 3.05) is 0 Å². The van der Waals surface area contributed by atoms with Crippen LogP contribution in [0.3, 0.4) is 0 Å². The van der Waals surface area contributed by atoms with Crippen molar-refractivity contribution in [3.05, 3.63) is 16.5 Å². The molecule has 0 atom stereocenters. The molecule has 0 N–H and O–H groups in total. The molecule has 1 aliphatic rings. The summed E-state index contributed by atoms with van der Waals surface area (Å²) >= 11 is 0.167. The summed E-state index contributed by atoms with van der Waals surface area (Å²) in [5.41, 5.74) is 1.76. The fourth-order valence-electron chi connectivity index (χ4n) is 4.04. The number of hydrogen-bond acceptors (Lipinski definition) is 1. The van der Waals surface area contributed by atoms with Gasteiger partial charge >= 0.3 is 147 Å². The van der Waals surface area contributed by atoms with Gasteiger partial charge in [0.1, 0.15) is 0 Å². The molecule has 0 fully saturated rings. The summed E-state index contributed by atoms with van der Waals surface area (Å²) in [7, 11) is 0. The summed E-state index contributed by atoms with van der Waals surface area (Å²) < 4.78 is 6.86. The van der Waals surface area contributed by atoms with Crippen LogP contribution in [0.4, 0.5) is 0 Å². The van der Waals surface area contributed by atoms with E-state index in [9.17, 15) is 0 Å². The number of hydrogen-bond donors (Lipinski definition) is 0. The summed E-state index contributed by atoms with van der Waals surface area (Å²) in [4.78, 5) is 1.78. The van der Waals surface area contributed by atoms with Crippen LogP contribution < -0.4 is 2.89 Å². The Hall–Kier alpha value is 0.499. The number of unbranched alkanes of at least 4 members (excludes halogenated alkanes) is 3. The van der Waals surface area contributed by atoms with E-state index in [-0.39, 0.29) is 0 Å². The van der Waals surface area contributed by atoms with Gasteiger partial charge in [0.2, 0.25) is 0 Å². The predicted octanol–water partition coefficient (Wildman–Crippen LogP) is 6.68. The fraction of sp³-hybridized carbons (Fsp3) is 0.800. The second-order valence-electron chi connectivity index (χ2n) is 7.36. The van der Waals surface area contributed by atoms with E-state index in [1.54, 1.807) is 23.8 Å². The Morgan fingerprint density at radius 2 is 1.41 bits per heavy atom. The van der Waals surface area contributed by atoms with Crippen LogP contribution >= 0.6 is 11.3 Å². The molecule has 1 aliphatic carbocycles. The first kappa shape index (κ1) is 18.8. The molecule has 2 heteroatoms. The predicted molar refractivity (Wildman–Crippen MR) is 105 cm³/mol. The van der Waals surface area contributed by atoms with E-state index in [2.05, 4.69) is 38.2 Å². The van der Waals surface area contributed by atoms with Gasteiger partial charge in [0.15, 0.2) is 0 Å². The number of thiophene rings is 1. The summed E-state index contributed by atoms with van der Waals surface area (Å²) in [5.74, 6) is 0. The average molecular weight is 427 g/mol. The van der Waals surface area contributed by atoms with Crippen LogP contribution in [0.2, 0.25) is 13.3 Å². The van der Waals surface area contributed by atoms with Gasteiger partial charge in [-0.25, -0.2) is 0 Å². The van der Waals surface area contributed by atoms with Crippen LogP contribution in [-0.4, -0.2) is 18.4 Å². The van der Waals surface area contributed by atoms with E-state index in [0.29, 0.717) is 0 Å². The summed E-state index contributed by atoms with van der Waals surface area (Å²) in [6.45, 7) is 7.15. The third kappa shape index (κ3) is 4.75. The topological polar surface area (TPSA) is 0 Å². The second-order valence-corrected chi connectivity index (χ2v) is 22.7. The van der Waals surface area contributed by atoms with Crippen molar-refractivity contribution in [2.45, 2.75) is 98.3 Å². The molecular formula is C20H36SSn. The first-order valence-electron chi connectivity index (χ1n) is 9.87. The molecule has 0 saturated heterocycles.